The summed E-state index contributed by atoms with van der Waals surface area (Å²) in [6.45, 7) is 2.61. The molecule has 0 heterocycles. The first-order valence-electron chi connectivity index (χ1n) is 10.9. The summed E-state index contributed by atoms with van der Waals surface area (Å²) in [5.41, 5.74) is 1.13. The second kappa shape index (κ2) is 10.1. The Hall–Kier alpha value is -1.88. The molecule has 2 aliphatic rings. The van der Waals surface area contributed by atoms with Crippen molar-refractivity contribution < 1.29 is 9.59 Å². The Morgan fingerprint density at radius 3 is 2.61 bits per heavy atom. The topological polar surface area (TPSA) is 70.2 Å². The highest BCUT2D eigenvalue weighted by molar-refractivity contribution is 5.82. The molecule has 0 bridgehead atoms. The highest BCUT2D eigenvalue weighted by atomic mass is 16.2. The smallest absolute Gasteiger partial charge is 0.237 e. The number of hydrogen-bond donors (Lipinski definition) is 3. The molecular formula is C23H35N3O2. The fraction of sp³-hybridized carbons (Fsp3) is 0.652. The molecule has 1 aromatic carbocycles. The highest BCUT2D eigenvalue weighted by Gasteiger charge is 2.42. The van der Waals surface area contributed by atoms with Crippen molar-refractivity contribution in [3.63, 3.8) is 0 Å². The summed E-state index contributed by atoms with van der Waals surface area (Å²) in [5.74, 6) is 1.37. The lowest BCUT2D eigenvalue weighted by Crippen LogP contribution is -2.47. The number of likely N-dealkylation sites (N-methyl/N-ethyl adjacent to an activating group) is 1. The van der Waals surface area contributed by atoms with E-state index in [2.05, 4.69) is 16.0 Å². The van der Waals surface area contributed by atoms with Crippen LogP contribution in [0.5, 0.6) is 0 Å². The van der Waals surface area contributed by atoms with Crippen LogP contribution in [0.1, 0.15) is 57.4 Å². The van der Waals surface area contributed by atoms with Crippen molar-refractivity contribution in [3.8, 4) is 0 Å². The van der Waals surface area contributed by atoms with Gasteiger partial charge in [0.05, 0.1) is 6.04 Å². The van der Waals surface area contributed by atoms with Crippen molar-refractivity contribution in [3.05, 3.63) is 35.9 Å². The zero-order valence-electron chi connectivity index (χ0n) is 17.2. The molecule has 2 fully saturated rings. The minimum absolute atomic E-state index is 0.0810. The summed E-state index contributed by atoms with van der Waals surface area (Å²) in [7, 11) is 1.83. The summed E-state index contributed by atoms with van der Waals surface area (Å²) in [6.07, 6.45) is 7.18. The highest BCUT2D eigenvalue weighted by Crippen LogP contribution is 2.45. The Morgan fingerprint density at radius 2 is 1.89 bits per heavy atom. The molecule has 28 heavy (non-hydrogen) atoms. The van der Waals surface area contributed by atoms with Gasteiger partial charge in [0, 0.05) is 18.5 Å². The van der Waals surface area contributed by atoms with Gasteiger partial charge in [-0.15, -0.1) is 0 Å². The SMILES string of the molecule is CC[C@H](NC)C(=O)N[C@H]1CCC[C@H]2CC[C@@H](C(=O)NCc3ccccc3)[C@H]2C1. The molecule has 2 aliphatic carbocycles. The number of benzene rings is 1. The number of hydrogen-bond acceptors (Lipinski definition) is 3. The summed E-state index contributed by atoms with van der Waals surface area (Å²) < 4.78 is 0. The van der Waals surface area contributed by atoms with Crippen LogP contribution in [0.15, 0.2) is 30.3 Å². The van der Waals surface area contributed by atoms with Crippen LogP contribution in [-0.4, -0.2) is 30.9 Å². The van der Waals surface area contributed by atoms with Crippen molar-refractivity contribution in [2.75, 3.05) is 7.05 Å². The first kappa shape index (κ1) is 20.8. The van der Waals surface area contributed by atoms with Gasteiger partial charge in [-0.1, -0.05) is 50.1 Å². The van der Waals surface area contributed by atoms with Crippen LogP contribution in [0.2, 0.25) is 0 Å². The molecule has 2 amide bonds. The van der Waals surface area contributed by atoms with Crippen molar-refractivity contribution in [1.29, 1.82) is 0 Å². The minimum Gasteiger partial charge on any atom is -0.352 e. The number of rotatable bonds is 7. The van der Waals surface area contributed by atoms with Gasteiger partial charge in [0.25, 0.3) is 0 Å². The molecule has 0 aliphatic heterocycles. The lowest BCUT2D eigenvalue weighted by molar-refractivity contribution is -0.126. The van der Waals surface area contributed by atoms with Crippen molar-refractivity contribution >= 4 is 11.8 Å². The average molecular weight is 386 g/mol. The fourth-order valence-corrected chi connectivity index (χ4v) is 5.13. The third-order valence-electron chi connectivity index (χ3n) is 6.72. The monoisotopic (exact) mass is 385 g/mol. The van der Waals surface area contributed by atoms with Crippen LogP contribution in [0, 0.1) is 17.8 Å². The zero-order valence-corrected chi connectivity index (χ0v) is 17.2. The second-order valence-corrected chi connectivity index (χ2v) is 8.43. The first-order chi connectivity index (χ1) is 13.6. The number of amides is 2. The molecule has 0 saturated heterocycles. The van der Waals surface area contributed by atoms with E-state index in [0.29, 0.717) is 18.4 Å². The maximum Gasteiger partial charge on any atom is 0.237 e. The van der Waals surface area contributed by atoms with Gasteiger partial charge >= 0.3 is 0 Å². The summed E-state index contributed by atoms with van der Waals surface area (Å²) in [6, 6.07) is 10.1. The largest absolute Gasteiger partial charge is 0.352 e. The Kier molecular flexibility index (Phi) is 7.49. The number of carbonyl (C=O) groups excluding carboxylic acids is 2. The first-order valence-corrected chi connectivity index (χ1v) is 10.9. The second-order valence-electron chi connectivity index (χ2n) is 8.43. The summed E-state index contributed by atoms with van der Waals surface area (Å²) in [4.78, 5) is 25.4. The third kappa shape index (κ3) is 5.13. The molecule has 0 spiro atoms. The van der Waals surface area contributed by atoms with Gasteiger partial charge in [-0.2, -0.15) is 0 Å². The van der Waals surface area contributed by atoms with Crippen LogP contribution in [0.3, 0.4) is 0 Å². The van der Waals surface area contributed by atoms with E-state index >= 15 is 0 Å². The van der Waals surface area contributed by atoms with E-state index in [-0.39, 0.29) is 29.8 Å². The molecule has 3 N–H and O–H groups in total. The normalized spacial score (nSPS) is 28.1. The predicted molar refractivity (Wildman–Crippen MR) is 112 cm³/mol. The molecule has 1 aromatic rings. The van der Waals surface area contributed by atoms with Crippen molar-refractivity contribution in [2.45, 2.75) is 70.5 Å². The lowest BCUT2D eigenvalue weighted by atomic mass is 9.84. The minimum atomic E-state index is -0.132. The molecular weight excluding hydrogens is 350 g/mol. The fourth-order valence-electron chi connectivity index (χ4n) is 5.13. The molecule has 154 valence electrons. The summed E-state index contributed by atoms with van der Waals surface area (Å²) >= 11 is 0. The molecule has 0 aromatic heterocycles. The molecule has 5 nitrogen and oxygen atoms in total. The van der Waals surface area contributed by atoms with Gasteiger partial charge in [0.1, 0.15) is 0 Å². The van der Waals surface area contributed by atoms with E-state index < -0.39 is 0 Å². The number of carbonyl (C=O) groups is 2. The van der Waals surface area contributed by atoms with Gasteiger partial charge in [0.2, 0.25) is 11.8 Å². The molecule has 0 unspecified atom stereocenters. The van der Waals surface area contributed by atoms with E-state index in [1.807, 2.05) is 44.3 Å². The van der Waals surface area contributed by atoms with Crippen LogP contribution < -0.4 is 16.0 Å². The van der Waals surface area contributed by atoms with E-state index in [9.17, 15) is 9.59 Å². The van der Waals surface area contributed by atoms with Crippen molar-refractivity contribution in [2.24, 2.45) is 17.8 Å². The van der Waals surface area contributed by atoms with Crippen LogP contribution >= 0.6 is 0 Å². The van der Waals surface area contributed by atoms with E-state index in [1.165, 1.54) is 6.42 Å². The predicted octanol–water partition coefficient (Wildman–Crippen LogP) is 3.00. The van der Waals surface area contributed by atoms with Gasteiger partial charge in [-0.3, -0.25) is 9.59 Å². The quantitative estimate of drug-likeness (QED) is 0.676. The van der Waals surface area contributed by atoms with Gasteiger partial charge in [-0.25, -0.2) is 0 Å². The van der Waals surface area contributed by atoms with Crippen LogP contribution in [0.25, 0.3) is 0 Å². The number of nitrogens with one attached hydrogen (secondary N) is 3. The molecule has 5 atom stereocenters. The van der Waals surface area contributed by atoms with Crippen LogP contribution in [-0.2, 0) is 16.1 Å². The van der Waals surface area contributed by atoms with Crippen LogP contribution in [0.4, 0.5) is 0 Å². The third-order valence-corrected chi connectivity index (χ3v) is 6.72. The molecule has 5 heteroatoms. The van der Waals surface area contributed by atoms with E-state index in [4.69, 9.17) is 0 Å². The van der Waals surface area contributed by atoms with E-state index in [0.717, 1.165) is 44.1 Å². The maximum atomic E-state index is 12.9. The Bertz CT molecular complexity index is 645. The summed E-state index contributed by atoms with van der Waals surface area (Å²) in [5, 5.41) is 9.49. The van der Waals surface area contributed by atoms with Gasteiger partial charge in [-0.05, 0) is 56.6 Å². The average Bonchev–Trinajstić information content (AvgIpc) is 2.99. The Morgan fingerprint density at radius 1 is 1.11 bits per heavy atom. The zero-order chi connectivity index (χ0) is 19.9. The van der Waals surface area contributed by atoms with Gasteiger partial charge < -0.3 is 16.0 Å². The Labute approximate surface area is 169 Å². The maximum absolute atomic E-state index is 12.9. The van der Waals surface area contributed by atoms with Crippen molar-refractivity contribution in [1.82, 2.24) is 16.0 Å². The van der Waals surface area contributed by atoms with Gasteiger partial charge in [0.15, 0.2) is 0 Å². The number of fused-ring (bicyclic) bond motifs is 1. The Balaban J connectivity index is 1.58. The standard InChI is InChI=1S/C23H35N3O2/c1-3-21(24-2)23(28)26-18-11-7-10-17-12-13-19(20(17)14-18)22(27)25-15-16-8-5-4-6-9-16/h4-6,8-9,17-21,24H,3,7,10-15H2,1-2H3,(H,25,27)(H,26,28)/t17-,18-,19+,20-,21-/m0/s1. The van der Waals surface area contributed by atoms with E-state index in [1.54, 1.807) is 0 Å². The molecule has 0 radical (unpaired) electrons. The molecule has 3 rings (SSSR count). The molecule has 2 saturated carbocycles. The lowest BCUT2D eigenvalue weighted by Gasteiger charge is -2.27.